The van der Waals surface area contributed by atoms with Gasteiger partial charge in [-0.3, -0.25) is 0 Å². The highest BCUT2D eigenvalue weighted by molar-refractivity contribution is 9.10. The second-order valence-electron chi connectivity index (χ2n) is 3.25. The van der Waals surface area contributed by atoms with Crippen molar-refractivity contribution < 1.29 is 0 Å². The van der Waals surface area contributed by atoms with Crippen molar-refractivity contribution >= 4 is 27.3 Å². The minimum atomic E-state index is 0.500. The minimum Gasteiger partial charge on any atom is -0.320 e. The van der Waals surface area contributed by atoms with Gasteiger partial charge in [0, 0.05) is 20.8 Å². The molecule has 1 rings (SSSR count). The van der Waals surface area contributed by atoms with Crippen LogP contribution >= 0.6 is 27.3 Å². The summed E-state index contributed by atoms with van der Waals surface area (Å²) in [5.74, 6) is 0. The van der Waals surface area contributed by atoms with Crippen LogP contribution in [0.1, 0.15) is 23.8 Å². The highest BCUT2D eigenvalue weighted by Crippen LogP contribution is 2.27. The molecule has 0 radical (unpaired) electrons. The molecule has 0 aliphatic carbocycles. The van der Waals surface area contributed by atoms with Crippen LogP contribution in [-0.4, -0.2) is 20.6 Å². The van der Waals surface area contributed by atoms with Crippen molar-refractivity contribution in [1.82, 2.24) is 10.6 Å². The van der Waals surface area contributed by atoms with Crippen molar-refractivity contribution in [3.63, 3.8) is 0 Å². The monoisotopic (exact) mass is 276 g/mol. The molecule has 1 heterocycles. The second kappa shape index (κ2) is 6.56. The molecule has 0 fully saturated rings. The number of hydrogen-bond donors (Lipinski definition) is 2. The van der Waals surface area contributed by atoms with E-state index >= 15 is 0 Å². The van der Waals surface area contributed by atoms with Gasteiger partial charge in [0.1, 0.15) is 0 Å². The summed E-state index contributed by atoms with van der Waals surface area (Å²) >= 11 is 5.29. The Hall–Kier alpha value is 0.1000. The van der Waals surface area contributed by atoms with E-state index in [1.807, 2.05) is 25.4 Å². The first kappa shape index (κ1) is 12.2. The van der Waals surface area contributed by atoms with E-state index in [0.29, 0.717) is 6.04 Å². The third kappa shape index (κ3) is 3.69. The third-order valence-electron chi connectivity index (χ3n) is 2.20. The molecular formula is C10H17BrN2S. The summed E-state index contributed by atoms with van der Waals surface area (Å²) < 4.78 is 1.19. The van der Waals surface area contributed by atoms with Crippen molar-refractivity contribution in [3.05, 3.63) is 20.8 Å². The van der Waals surface area contributed by atoms with Crippen LogP contribution in [0.15, 0.2) is 15.9 Å². The Morgan fingerprint density at radius 1 is 1.50 bits per heavy atom. The van der Waals surface area contributed by atoms with Gasteiger partial charge in [-0.25, -0.2) is 0 Å². The molecule has 0 aromatic carbocycles. The zero-order valence-electron chi connectivity index (χ0n) is 8.64. The number of rotatable bonds is 6. The summed E-state index contributed by atoms with van der Waals surface area (Å²) in [5, 5.41) is 8.66. The van der Waals surface area contributed by atoms with Crippen LogP contribution in [0.2, 0.25) is 0 Å². The maximum atomic E-state index is 3.48. The van der Waals surface area contributed by atoms with E-state index < -0.39 is 0 Å². The van der Waals surface area contributed by atoms with E-state index in [4.69, 9.17) is 0 Å². The lowest BCUT2D eigenvalue weighted by molar-refractivity contribution is 0.525. The van der Waals surface area contributed by atoms with Crippen LogP contribution in [0, 0.1) is 0 Å². The van der Waals surface area contributed by atoms with E-state index in [9.17, 15) is 0 Å². The van der Waals surface area contributed by atoms with E-state index in [-0.39, 0.29) is 0 Å². The summed E-state index contributed by atoms with van der Waals surface area (Å²) in [6, 6.07) is 2.70. The van der Waals surface area contributed by atoms with Gasteiger partial charge in [-0.05, 0) is 55.5 Å². The van der Waals surface area contributed by atoms with Gasteiger partial charge in [0.2, 0.25) is 0 Å². The van der Waals surface area contributed by atoms with Crippen molar-refractivity contribution in [2.45, 2.75) is 18.9 Å². The number of thiophene rings is 1. The van der Waals surface area contributed by atoms with Gasteiger partial charge in [0.25, 0.3) is 0 Å². The fourth-order valence-corrected chi connectivity index (χ4v) is 3.01. The fourth-order valence-electron chi connectivity index (χ4n) is 1.42. The lowest BCUT2D eigenvalue weighted by Gasteiger charge is -2.13. The zero-order valence-corrected chi connectivity index (χ0v) is 11.0. The third-order valence-corrected chi connectivity index (χ3v) is 4.01. The van der Waals surface area contributed by atoms with Gasteiger partial charge < -0.3 is 10.6 Å². The van der Waals surface area contributed by atoms with Crippen molar-refractivity contribution in [2.24, 2.45) is 0 Å². The SMILES string of the molecule is CNCCCC(NC)c1cc(Br)cs1. The first-order valence-corrected chi connectivity index (χ1v) is 6.51. The molecule has 0 saturated carbocycles. The van der Waals surface area contributed by atoms with Gasteiger partial charge in [0.15, 0.2) is 0 Å². The Labute approximate surface area is 98.2 Å². The summed E-state index contributed by atoms with van der Waals surface area (Å²) in [5.41, 5.74) is 0. The van der Waals surface area contributed by atoms with Gasteiger partial charge in [-0.2, -0.15) is 0 Å². The Morgan fingerprint density at radius 3 is 2.79 bits per heavy atom. The largest absolute Gasteiger partial charge is 0.320 e. The second-order valence-corrected chi connectivity index (χ2v) is 5.11. The average Bonchev–Trinajstić information content (AvgIpc) is 2.60. The highest BCUT2D eigenvalue weighted by Gasteiger charge is 2.10. The minimum absolute atomic E-state index is 0.500. The Kier molecular flexibility index (Phi) is 5.70. The average molecular weight is 277 g/mol. The zero-order chi connectivity index (χ0) is 10.4. The van der Waals surface area contributed by atoms with Gasteiger partial charge in [0.05, 0.1) is 0 Å². The maximum Gasteiger partial charge on any atom is 0.0413 e. The molecule has 0 spiro atoms. The summed E-state index contributed by atoms with van der Waals surface area (Å²) in [4.78, 5) is 1.41. The summed E-state index contributed by atoms with van der Waals surface area (Å²) in [7, 11) is 4.02. The normalized spacial score (nSPS) is 13.1. The van der Waals surface area contributed by atoms with Crippen molar-refractivity contribution in [1.29, 1.82) is 0 Å². The van der Waals surface area contributed by atoms with Gasteiger partial charge in [-0.15, -0.1) is 11.3 Å². The molecule has 0 aliphatic rings. The maximum absolute atomic E-state index is 3.48. The molecule has 2 nitrogen and oxygen atoms in total. The lowest BCUT2D eigenvalue weighted by atomic mass is 10.1. The van der Waals surface area contributed by atoms with E-state index in [2.05, 4.69) is 38.0 Å². The molecule has 0 bridgehead atoms. The molecule has 1 unspecified atom stereocenters. The van der Waals surface area contributed by atoms with Crippen molar-refractivity contribution in [3.8, 4) is 0 Å². The summed E-state index contributed by atoms with van der Waals surface area (Å²) in [6.07, 6.45) is 2.39. The van der Waals surface area contributed by atoms with Crippen LogP contribution in [0.5, 0.6) is 0 Å². The van der Waals surface area contributed by atoms with Crippen LogP contribution in [-0.2, 0) is 0 Å². The van der Waals surface area contributed by atoms with Gasteiger partial charge >= 0.3 is 0 Å². The number of nitrogens with one attached hydrogen (secondary N) is 2. The predicted molar refractivity (Wildman–Crippen MR) is 67.0 cm³/mol. The van der Waals surface area contributed by atoms with Crippen LogP contribution in [0.4, 0.5) is 0 Å². The smallest absolute Gasteiger partial charge is 0.0413 e. The van der Waals surface area contributed by atoms with E-state index in [1.165, 1.54) is 22.2 Å². The number of hydrogen-bond acceptors (Lipinski definition) is 3. The van der Waals surface area contributed by atoms with Gasteiger partial charge in [-0.1, -0.05) is 0 Å². The number of halogens is 1. The molecule has 14 heavy (non-hydrogen) atoms. The molecule has 2 N–H and O–H groups in total. The standard InChI is InChI=1S/C10H17BrN2S/c1-12-5-3-4-9(13-2)10-6-8(11)7-14-10/h6-7,9,12-13H,3-5H2,1-2H3. The molecule has 0 amide bonds. The molecule has 1 atom stereocenters. The van der Waals surface area contributed by atoms with Crippen LogP contribution in [0.3, 0.4) is 0 Å². The molecule has 1 aromatic rings. The molecule has 0 saturated heterocycles. The predicted octanol–water partition coefficient (Wildman–Crippen LogP) is 2.77. The van der Waals surface area contributed by atoms with Crippen LogP contribution in [0.25, 0.3) is 0 Å². The summed E-state index contributed by atoms with van der Waals surface area (Å²) in [6.45, 7) is 1.09. The van der Waals surface area contributed by atoms with Crippen LogP contribution < -0.4 is 10.6 Å². The fraction of sp³-hybridized carbons (Fsp3) is 0.600. The molecule has 0 aliphatic heterocycles. The first-order chi connectivity index (χ1) is 6.77. The van der Waals surface area contributed by atoms with E-state index in [1.54, 1.807) is 0 Å². The van der Waals surface area contributed by atoms with Crippen molar-refractivity contribution in [2.75, 3.05) is 20.6 Å². The molecular weight excluding hydrogens is 260 g/mol. The lowest BCUT2D eigenvalue weighted by Crippen LogP contribution is -2.17. The van der Waals surface area contributed by atoms with E-state index in [0.717, 1.165) is 6.54 Å². The molecule has 1 aromatic heterocycles. The first-order valence-electron chi connectivity index (χ1n) is 4.83. The highest BCUT2D eigenvalue weighted by atomic mass is 79.9. The Balaban J connectivity index is 2.45. The molecule has 4 heteroatoms. The topological polar surface area (TPSA) is 24.1 Å². The quantitative estimate of drug-likeness (QED) is 0.781. The Morgan fingerprint density at radius 2 is 2.29 bits per heavy atom. The Bertz CT molecular complexity index is 262. The molecule has 80 valence electrons.